The van der Waals surface area contributed by atoms with Crippen molar-refractivity contribution >= 4 is 21.9 Å². The Bertz CT molecular complexity index is 447. The maximum Gasteiger partial charge on any atom is 0.328 e. The zero-order chi connectivity index (χ0) is 11.1. The summed E-state index contributed by atoms with van der Waals surface area (Å²) in [5.41, 5.74) is 1.09. The van der Waals surface area contributed by atoms with E-state index in [1.54, 1.807) is 0 Å². The van der Waals surface area contributed by atoms with E-state index in [9.17, 15) is 4.79 Å². The van der Waals surface area contributed by atoms with Gasteiger partial charge in [-0.15, -0.1) is 0 Å². The summed E-state index contributed by atoms with van der Waals surface area (Å²) in [6, 6.07) is 5.76. The molecule has 1 aromatic rings. The highest BCUT2D eigenvalue weighted by Gasteiger charge is 2.35. The first-order valence-electron chi connectivity index (χ1n) is 5.48. The zero-order valence-electron chi connectivity index (χ0n) is 8.78. The third-order valence-electron chi connectivity index (χ3n) is 3.24. The van der Waals surface area contributed by atoms with Gasteiger partial charge in [0.05, 0.1) is 0 Å². The van der Waals surface area contributed by atoms with Crippen LogP contribution in [0.15, 0.2) is 22.7 Å². The minimum atomic E-state index is -0.0985. The van der Waals surface area contributed by atoms with E-state index in [4.69, 9.17) is 4.74 Å². The molecule has 0 spiro atoms. The molecule has 2 aliphatic heterocycles. The predicted molar refractivity (Wildman–Crippen MR) is 63.2 cm³/mol. The number of carbonyl (C=O) groups excluding carboxylic acids is 1. The second-order valence-corrected chi connectivity index (χ2v) is 5.22. The van der Waals surface area contributed by atoms with Gasteiger partial charge in [-0.2, -0.15) is 0 Å². The van der Waals surface area contributed by atoms with Crippen molar-refractivity contribution in [2.75, 3.05) is 6.54 Å². The van der Waals surface area contributed by atoms with Crippen LogP contribution in [-0.4, -0.2) is 23.5 Å². The maximum atomic E-state index is 11.9. The largest absolute Gasteiger partial charge is 0.425 e. The highest BCUT2D eigenvalue weighted by atomic mass is 79.9. The summed E-state index contributed by atoms with van der Waals surface area (Å²) in [7, 11) is 0. The van der Waals surface area contributed by atoms with Crippen LogP contribution in [0.3, 0.4) is 0 Å². The fraction of sp³-hybridized carbons (Fsp3) is 0.417. The summed E-state index contributed by atoms with van der Waals surface area (Å²) in [6.45, 7) is 1.80. The molecule has 1 aromatic carbocycles. The van der Waals surface area contributed by atoms with E-state index in [1.807, 2.05) is 18.2 Å². The van der Waals surface area contributed by atoms with Crippen molar-refractivity contribution in [2.45, 2.75) is 25.4 Å². The van der Waals surface area contributed by atoms with Gasteiger partial charge in [0.2, 0.25) is 0 Å². The Morgan fingerprint density at radius 1 is 1.44 bits per heavy atom. The summed E-state index contributed by atoms with van der Waals surface area (Å²) in [4.78, 5) is 14.1. The molecular weight excluding hydrogens is 270 g/mol. The Labute approximate surface area is 103 Å². The molecule has 0 aliphatic carbocycles. The van der Waals surface area contributed by atoms with E-state index in [0.29, 0.717) is 5.75 Å². The van der Waals surface area contributed by atoms with Gasteiger partial charge in [-0.3, -0.25) is 4.90 Å². The van der Waals surface area contributed by atoms with Gasteiger partial charge in [0.25, 0.3) is 0 Å². The van der Waals surface area contributed by atoms with Gasteiger partial charge in [-0.25, -0.2) is 4.79 Å². The first kappa shape index (κ1) is 10.3. The Balaban J connectivity index is 2.01. The van der Waals surface area contributed by atoms with E-state index in [0.717, 1.165) is 36.0 Å². The summed E-state index contributed by atoms with van der Waals surface area (Å²) in [5.74, 6) is 0.612. The molecule has 1 saturated heterocycles. The average Bonchev–Trinajstić information content (AvgIpc) is 2.65. The minimum absolute atomic E-state index is 0.0359. The minimum Gasteiger partial charge on any atom is -0.425 e. The molecule has 4 heteroatoms. The number of benzene rings is 1. The van der Waals surface area contributed by atoms with Gasteiger partial charge in [-0.1, -0.05) is 15.9 Å². The average molecular weight is 282 g/mol. The van der Waals surface area contributed by atoms with Crippen LogP contribution in [0.4, 0.5) is 0 Å². The molecule has 0 aromatic heterocycles. The van der Waals surface area contributed by atoms with Crippen molar-refractivity contribution in [1.29, 1.82) is 0 Å². The van der Waals surface area contributed by atoms with Gasteiger partial charge in [-0.05, 0) is 37.6 Å². The first-order chi connectivity index (χ1) is 7.74. The van der Waals surface area contributed by atoms with Crippen LogP contribution < -0.4 is 4.74 Å². The van der Waals surface area contributed by atoms with Crippen LogP contribution in [-0.2, 0) is 11.3 Å². The number of nitrogens with zero attached hydrogens (tertiary/aromatic N) is 1. The van der Waals surface area contributed by atoms with Crippen molar-refractivity contribution in [3.8, 4) is 5.75 Å². The molecular formula is C12H12BrNO2. The molecule has 2 aliphatic rings. The fourth-order valence-electron chi connectivity index (χ4n) is 2.45. The number of hydrogen-bond acceptors (Lipinski definition) is 3. The molecule has 0 radical (unpaired) electrons. The van der Waals surface area contributed by atoms with Gasteiger partial charge >= 0.3 is 5.97 Å². The van der Waals surface area contributed by atoms with Crippen molar-refractivity contribution in [2.24, 2.45) is 0 Å². The molecule has 1 atom stereocenters. The van der Waals surface area contributed by atoms with Gasteiger partial charge in [0.15, 0.2) is 0 Å². The summed E-state index contributed by atoms with van der Waals surface area (Å²) in [5, 5.41) is 0. The van der Waals surface area contributed by atoms with Crippen molar-refractivity contribution in [1.82, 2.24) is 4.90 Å². The van der Waals surface area contributed by atoms with Gasteiger partial charge in [0, 0.05) is 16.6 Å². The lowest BCUT2D eigenvalue weighted by molar-refractivity contribution is -0.138. The van der Waals surface area contributed by atoms with Crippen molar-refractivity contribution in [3.05, 3.63) is 28.2 Å². The van der Waals surface area contributed by atoms with Crippen LogP contribution in [0.25, 0.3) is 0 Å². The van der Waals surface area contributed by atoms with E-state index >= 15 is 0 Å². The van der Waals surface area contributed by atoms with E-state index in [1.165, 1.54) is 0 Å². The fourth-order valence-corrected chi connectivity index (χ4v) is 2.86. The normalized spacial score (nSPS) is 24.6. The van der Waals surface area contributed by atoms with E-state index in [-0.39, 0.29) is 12.0 Å². The predicted octanol–water partition coefficient (Wildman–Crippen LogP) is 2.33. The Morgan fingerprint density at radius 2 is 2.31 bits per heavy atom. The zero-order valence-corrected chi connectivity index (χ0v) is 10.4. The third-order valence-corrected chi connectivity index (χ3v) is 3.74. The third kappa shape index (κ3) is 1.66. The molecule has 0 saturated carbocycles. The second kappa shape index (κ2) is 3.86. The molecule has 0 N–H and O–H groups in total. The molecule has 2 heterocycles. The highest BCUT2D eigenvalue weighted by Crippen LogP contribution is 2.31. The molecule has 0 unspecified atom stereocenters. The first-order valence-corrected chi connectivity index (χ1v) is 6.27. The maximum absolute atomic E-state index is 11.9. The lowest BCUT2D eigenvalue weighted by atomic mass is 10.2. The molecule has 1 fully saturated rings. The standard InChI is InChI=1S/C12H12BrNO2/c13-9-3-4-11-8(6-9)7-14-5-1-2-10(14)12(15)16-11/h3-4,6,10H,1-2,5,7H2/t10-/m0/s1. The SMILES string of the molecule is O=C1Oc2ccc(Br)cc2CN2CCC[C@@H]12. The van der Waals surface area contributed by atoms with E-state index < -0.39 is 0 Å². The molecule has 16 heavy (non-hydrogen) atoms. The van der Waals surface area contributed by atoms with Gasteiger partial charge < -0.3 is 4.74 Å². The van der Waals surface area contributed by atoms with Crippen LogP contribution >= 0.6 is 15.9 Å². The molecule has 0 bridgehead atoms. The number of carbonyl (C=O) groups is 1. The lowest BCUT2D eigenvalue weighted by Crippen LogP contribution is -2.35. The van der Waals surface area contributed by atoms with Crippen molar-refractivity contribution in [3.63, 3.8) is 0 Å². The number of hydrogen-bond donors (Lipinski definition) is 0. The summed E-state index contributed by atoms with van der Waals surface area (Å²) in [6.07, 6.45) is 2.01. The topological polar surface area (TPSA) is 29.5 Å². The van der Waals surface area contributed by atoms with Crippen LogP contribution in [0.5, 0.6) is 5.75 Å². The molecule has 0 amide bonds. The molecule has 84 valence electrons. The lowest BCUT2D eigenvalue weighted by Gasteiger charge is -2.18. The monoisotopic (exact) mass is 281 g/mol. The quantitative estimate of drug-likeness (QED) is 0.540. The second-order valence-electron chi connectivity index (χ2n) is 4.30. The molecule has 3 rings (SSSR count). The number of fused-ring (bicyclic) bond motifs is 2. The highest BCUT2D eigenvalue weighted by molar-refractivity contribution is 9.10. The Kier molecular flexibility index (Phi) is 2.48. The summed E-state index contributed by atoms with van der Waals surface area (Å²) >= 11 is 3.44. The number of halogens is 1. The van der Waals surface area contributed by atoms with Crippen LogP contribution in [0, 0.1) is 0 Å². The van der Waals surface area contributed by atoms with Crippen LogP contribution in [0.2, 0.25) is 0 Å². The number of rotatable bonds is 0. The molecule has 3 nitrogen and oxygen atoms in total. The summed E-state index contributed by atoms with van der Waals surface area (Å²) < 4.78 is 6.45. The van der Waals surface area contributed by atoms with Crippen molar-refractivity contribution < 1.29 is 9.53 Å². The Morgan fingerprint density at radius 3 is 3.19 bits per heavy atom. The smallest absolute Gasteiger partial charge is 0.328 e. The Hall–Kier alpha value is -0.870. The van der Waals surface area contributed by atoms with Crippen LogP contribution in [0.1, 0.15) is 18.4 Å². The number of ether oxygens (including phenoxy) is 1. The number of esters is 1. The van der Waals surface area contributed by atoms with E-state index in [2.05, 4.69) is 20.8 Å². The van der Waals surface area contributed by atoms with Gasteiger partial charge in [0.1, 0.15) is 11.8 Å².